The second-order valence-electron chi connectivity index (χ2n) is 7.37. The summed E-state index contributed by atoms with van der Waals surface area (Å²) in [5.41, 5.74) is 1.98. The Hall–Kier alpha value is -2.62. The molecule has 0 radical (unpaired) electrons. The topological polar surface area (TPSA) is 92.3 Å². The molecule has 0 aliphatic heterocycles. The number of pyridine rings is 1. The lowest BCUT2D eigenvalue weighted by atomic mass is 10.2. The maximum Gasteiger partial charge on any atom is 0.257 e. The molecule has 3 rings (SSSR count). The largest absolute Gasteiger partial charge is 0.298 e. The van der Waals surface area contributed by atoms with E-state index in [9.17, 15) is 13.2 Å². The van der Waals surface area contributed by atoms with Gasteiger partial charge in [-0.15, -0.1) is 11.3 Å². The van der Waals surface area contributed by atoms with Gasteiger partial charge in [-0.3, -0.25) is 15.1 Å². The number of hydrogen-bond donors (Lipinski definition) is 1. The predicted octanol–water partition coefficient (Wildman–Crippen LogP) is 5.05. The third-order valence-electron chi connectivity index (χ3n) is 4.96. The molecule has 2 aromatic heterocycles. The van der Waals surface area contributed by atoms with Gasteiger partial charge in [-0.05, 0) is 49.2 Å². The Morgan fingerprint density at radius 2 is 1.75 bits per heavy atom. The van der Waals surface area contributed by atoms with E-state index in [0.29, 0.717) is 23.8 Å². The second kappa shape index (κ2) is 11.3. The lowest BCUT2D eigenvalue weighted by Crippen LogP contribution is -2.33. The molecule has 2 heterocycles. The molecule has 0 atom stereocenters. The molecular weight excluding hydrogens is 444 g/mol. The molecular formula is C23H28N4O3S2. The fraction of sp³-hybridized carbons (Fsp3) is 0.348. The van der Waals surface area contributed by atoms with Crippen LogP contribution in [0.5, 0.6) is 0 Å². The zero-order valence-corrected chi connectivity index (χ0v) is 20.0. The summed E-state index contributed by atoms with van der Waals surface area (Å²) < 4.78 is 27.7. The van der Waals surface area contributed by atoms with Crippen LogP contribution in [-0.2, 0) is 10.0 Å². The number of carbonyl (C=O) groups excluding carboxylic acids is 1. The Labute approximate surface area is 193 Å². The Balaban J connectivity index is 1.70. The van der Waals surface area contributed by atoms with Gasteiger partial charge in [-0.2, -0.15) is 4.31 Å². The van der Waals surface area contributed by atoms with E-state index >= 15 is 0 Å². The average Bonchev–Trinajstić information content (AvgIpc) is 3.28. The van der Waals surface area contributed by atoms with Crippen molar-refractivity contribution in [1.82, 2.24) is 14.3 Å². The first-order valence-electron chi connectivity index (χ1n) is 10.7. The number of anilines is 1. The number of unbranched alkanes of at least 4 members (excludes halogenated alkanes) is 2. The highest BCUT2D eigenvalue weighted by atomic mass is 32.2. The lowest BCUT2D eigenvalue weighted by molar-refractivity contribution is 0.102. The maximum absolute atomic E-state index is 13.1. The number of aromatic nitrogens is 2. The summed E-state index contributed by atoms with van der Waals surface area (Å²) in [7, 11) is -3.59. The Morgan fingerprint density at radius 3 is 2.34 bits per heavy atom. The highest BCUT2D eigenvalue weighted by Gasteiger charge is 2.23. The number of rotatable bonds is 11. The molecule has 0 spiro atoms. The summed E-state index contributed by atoms with van der Waals surface area (Å²) in [6.07, 6.45) is 6.89. The molecule has 0 aliphatic carbocycles. The van der Waals surface area contributed by atoms with Crippen molar-refractivity contribution in [2.24, 2.45) is 0 Å². The van der Waals surface area contributed by atoms with Gasteiger partial charge in [0.25, 0.3) is 5.91 Å². The van der Waals surface area contributed by atoms with Crippen LogP contribution >= 0.6 is 11.3 Å². The standard InChI is InChI=1S/C23H28N4O3S2/c1-3-5-14-27(15-6-4-2)32(29,30)20-11-9-18(10-12-20)22(28)26-23-25-21(17-31-23)19-8-7-13-24-16-19/h7-13,16-17H,3-6,14-15H2,1-2H3,(H,25,26,28). The minimum absolute atomic E-state index is 0.203. The van der Waals surface area contributed by atoms with Gasteiger partial charge >= 0.3 is 0 Å². The first-order chi connectivity index (χ1) is 15.5. The maximum atomic E-state index is 13.1. The molecule has 0 bridgehead atoms. The molecule has 1 amide bonds. The van der Waals surface area contributed by atoms with Gasteiger partial charge in [0.1, 0.15) is 0 Å². The van der Waals surface area contributed by atoms with Crippen LogP contribution in [-0.4, -0.2) is 41.7 Å². The molecule has 3 aromatic rings. The second-order valence-corrected chi connectivity index (χ2v) is 10.2. The van der Waals surface area contributed by atoms with Gasteiger partial charge in [0.2, 0.25) is 10.0 Å². The van der Waals surface area contributed by atoms with Crippen LogP contribution < -0.4 is 5.32 Å². The van der Waals surface area contributed by atoms with Gasteiger partial charge < -0.3 is 0 Å². The number of benzene rings is 1. The summed E-state index contributed by atoms with van der Waals surface area (Å²) in [5, 5.41) is 5.09. The van der Waals surface area contributed by atoms with Crippen LogP contribution in [0, 0.1) is 0 Å². The monoisotopic (exact) mass is 472 g/mol. The van der Waals surface area contributed by atoms with E-state index in [1.165, 1.54) is 35.6 Å². The number of nitrogens with one attached hydrogen (secondary N) is 1. The minimum Gasteiger partial charge on any atom is -0.298 e. The highest BCUT2D eigenvalue weighted by Crippen LogP contribution is 2.25. The molecule has 0 saturated heterocycles. The van der Waals surface area contributed by atoms with Crippen LogP contribution in [0.3, 0.4) is 0 Å². The Bertz CT molecular complexity index is 1110. The van der Waals surface area contributed by atoms with E-state index in [-0.39, 0.29) is 10.8 Å². The molecule has 0 unspecified atom stereocenters. The van der Waals surface area contributed by atoms with Crippen molar-refractivity contribution in [3.63, 3.8) is 0 Å². The van der Waals surface area contributed by atoms with Gasteiger partial charge in [-0.25, -0.2) is 13.4 Å². The van der Waals surface area contributed by atoms with Crippen molar-refractivity contribution in [1.29, 1.82) is 0 Å². The van der Waals surface area contributed by atoms with Crippen molar-refractivity contribution in [2.45, 2.75) is 44.4 Å². The van der Waals surface area contributed by atoms with E-state index in [1.807, 2.05) is 31.4 Å². The van der Waals surface area contributed by atoms with Crippen molar-refractivity contribution in [2.75, 3.05) is 18.4 Å². The first-order valence-corrected chi connectivity index (χ1v) is 13.0. The van der Waals surface area contributed by atoms with E-state index < -0.39 is 10.0 Å². The molecule has 0 aliphatic rings. The average molecular weight is 473 g/mol. The van der Waals surface area contributed by atoms with E-state index in [4.69, 9.17) is 0 Å². The number of sulfonamides is 1. The molecule has 32 heavy (non-hydrogen) atoms. The van der Waals surface area contributed by atoms with E-state index in [0.717, 1.165) is 36.9 Å². The summed E-state index contributed by atoms with van der Waals surface area (Å²) in [4.78, 5) is 21.3. The predicted molar refractivity (Wildman–Crippen MR) is 128 cm³/mol. The summed E-state index contributed by atoms with van der Waals surface area (Å²) in [5.74, 6) is -0.338. The molecule has 0 saturated carbocycles. The van der Waals surface area contributed by atoms with Gasteiger partial charge in [0.15, 0.2) is 5.13 Å². The molecule has 1 N–H and O–H groups in total. The fourth-order valence-electron chi connectivity index (χ4n) is 3.10. The van der Waals surface area contributed by atoms with Crippen molar-refractivity contribution in [3.05, 3.63) is 59.7 Å². The number of nitrogens with zero attached hydrogens (tertiary/aromatic N) is 3. The van der Waals surface area contributed by atoms with Gasteiger partial charge in [-0.1, -0.05) is 26.7 Å². The Kier molecular flexibility index (Phi) is 8.49. The SMILES string of the molecule is CCCCN(CCCC)S(=O)(=O)c1ccc(C(=O)Nc2nc(-c3cccnc3)cs2)cc1. The Morgan fingerprint density at radius 1 is 1.06 bits per heavy atom. The third-order valence-corrected chi connectivity index (χ3v) is 7.63. The minimum atomic E-state index is -3.59. The molecule has 1 aromatic carbocycles. The van der Waals surface area contributed by atoms with Crippen LogP contribution in [0.1, 0.15) is 49.9 Å². The van der Waals surface area contributed by atoms with E-state index in [2.05, 4.69) is 15.3 Å². The summed E-state index contributed by atoms with van der Waals surface area (Å²) in [6, 6.07) is 9.80. The lowest BCUT2D eigenvalue weighted by Gasteiger charge is -2.22. The van der Waals surface area contributed by atoms with Crippen LogP contribution in [0.25, 0.3) is 11.3 Å². The number of amides is 1. The molecule has 0 fully saturated rings. The smallest absolute Gasteiger partial charge is 0.257 e. The molecule has 9 heteroatoms. The normalized spacial score (nSPS) is 11.6. The zero-order chi connectivity index (χ0) is 23.0. The molecule has 7 nitrogen and oxygen atoms in total. The zero-order valence-electron chi connectivity index (χ0n) is 18.3. The third kappa shape index (κ3) is 5.99. The quantitative estimate of drug-likeness (QED) is 0.422. The summed E-state index contributed by atoms with van der Waals surface area (Å²) >= 11 is 1.32. The van der Waals surface area contributed by atoms with Crippen molar-refractivity contribution in [3.8, 4) is 11.3 Å². The number of carbonyl (C=O) groups is 1. The van der Waals surface area contributed by atoms with Gasteiger partial charge in [0, 0.05) is 42.0 Å². The first kappa shape index (κ1) is 24.0. The van der Waals surface area contributed by atoms with E-state index in [1.54, 1.807) is 16.7 Å². The number of thiazole rings is 1. The fourth-order valence-corrected chi connectivity index (χ4v) is 5.33. The molecule has 170 valence electrons. The van der Waals surface area contributed by atoms with Crippen molar-refractivity contribution >= 4 is 32.4 Å². The van der Waals surface area contributed by atoms with Crippen LogP contribution in [0.2, 0.25) is 0 Å². The highest BCUT2D eigenvalue weighted by molar-refractivity contribution is 7.89. The van der Waals surface area contributed by atoms with Gasteiger partial charge in [0.05, 0.1) is 10.6 Å². The summed E-state index contributed by atoms with van der Waals surface area (Å²) in [6.45, 7) is 5.09. The van der Waals surface area contributed by atoms with Crippen LogP contribution in [0.15, 0.2) is 59.1 Å². The van der Waals surface area contributed by atoms with Crippen molar-refractivity contribution < 1.29 is 13.2 Å². The van der Waals surface area contributed by atoms with Crippen LogP contribution in [0.4, 0.5) is 5.13 Å². The number of hydrogen-bond acceptors (Lipinski definition) is 6.